The van der Waals surface area contributed by atoms with Gasteiger partial charge in [0.1, 0.15) is 0 Å². The van der Waals surface area contributed by atoms with Gasteiger partial charge in [0.2, 0.25) is 5.88 Å². The van der Waals surface area contributed by atoms with E-state index in [1.807, 2.05) is 6.07 Å². The fourth-order valence-corrected chi connectivity index (χ4v) is 3.66. The lowest BCUT2D eigenvalue weighted by Gasteiger charge is -2.25. The molecule has 3 N–H and O–H groups in total. The molecule has 144 valence electrons. The quantitative estimate of drug-likeness (QED) is 0.374. The average molecular weight is 450 g/mol. The number of benzene rings is 3. The number of nitrogens with zero attached hydrogens (tertiary/aromatic N) is 2. The monoisotopic (exact) mass is 449 g/mol. The third kappa shape index (κ3) is 3.35. The summed E-state index contributed by atoms with van der Waals surface area (Å²) in [5.41, 5.74) is -0.498. The first-order valence-electron chi connectivity index (χ1n) is 8.80. The number of amides is 1. The molecule has 0 aliphatic heterocycles. The summed E-state index contributed by atoms with van der Waals surface area (Å²) in [5.74, 6) is -1.08. The molecule has 0 atom stereocenters. The maximum Gasteiger partial charge on any atom is 0.305 e. The van der Waals surface area contributed by atoms with Gasteiger partial charge in [-0.25, -0.2) is 0 Å². The van der Waals surface area contributed by atoms with Gasteiger partial charge in [0.05, 0.1) is 5.52 Å². The summed E-state index contributed by atoms with van der Waals surface area (Å²) in [4.78, 5) is 15.9. The Balaban J connectivity index is 1.79. The van der Waals surface area contributed by atoms with Gasteiger partial charge in [-0.3, -0.25) is 4.79 Å². The van der Waals surface area contributed by atoms with Crippen molar-refractivity contribution in [3.63, 3.8) is 0 Å². The largest absolute Gasteiger partial charge is 0.493 e. The number of hydrogen-bond acceptors (Lipinski definition) is 4. The topological polar surface area (TPSA) is 98.0 Å². The number of halogens is 1. The highest BCUT2D eigenvalue weighted by Crippen LogP contribution is 2.39. The summed E-state index contributed by atoms with van der Waals surface area (Å²) in [7, 11) is 0. The molecule has 29 heavy (non-hydrogen) atoms. The van der Waals surface area contributed by atoms with Crippen LogP contribution in [0.2, 0.25) is 0 Å². The number of aromatic amines is 1. The molecule has 0 radical (unpaired) electrons. The van der Waals surface area contributed by atoms with Crippen LogP contribution in [0.1, 0.15) is 11.1 Å². The second kappa shape index (κ2) is 7.62. The van der Waals surface area contributed by atoms with Crippen LogP contribution in [0.4, 0.5) is 5.69 Å². The van der Waals surface area contributed by atoms with Crippen LogP contribution in [0, 0.1) is 0 Å². The minimum atomic E-state index is -2.01. The van der Waals surface area contributed by atoms with E-state index >= 15 is 0 Å². The zero-order valence-corrected chi connectivity index (χ0v) is 16.7. The summed E-state index contributed by atoms with van der Waals surface area (Å²) in [6.07, 6.45) is 0. The van der Waals surface area contributed by atoms with Gasteiger partial charge in [-0.2, -0.15) is 0 Å². The van der Waals surface area contributed by atoms with Crippen LogP contribution >= 0.6 is 15.9 Å². The van der Waals surface area contributed by atoms with E-state index in [0.717, 1.165) is 4.47 Å². The van der Waals surface area contributed by atoms with Gasteiger partial charge in [-0.1, -0.05) is 72.8 Å². The number of aromatic hydroxyl groups is 1. The molecule has 0 aliphatic rings. The maximum atomic E-state index is 13.1. The normalized spacial score (nSPS) is 11.9. The summed E-state index contributed by atoms with van der Waals surface area (Å²) in [6.45, 7) is 0. The van der Waals surface area contributed by atoms with Crippen molar-refractivity contribution in [3.8, 4) is 5.88 Å². The summed E-state index contributed by atoms with van der Waals surface area (Å²) in [6, 6.07) is 22.5. The number of nitrogens with one attached hydrogen (secondary N) is 1. The van der Waals surface area contributed by atoms with E-state index in [9.17, 15) is 15.0 Å². The van der Waals surface area contributed by atoms with Gasteiger partial charge in [0.15, 0.2) is 11.3 Å². The van der Waals surface area contributed by atoms with Crippen molar-refractivity contribution in [1.82, 2.24) is 4.98 Å². The molecule has 1 heterocycles. The third-order valence-corrected chi connectivity index (χ3v) is 5.33. The molecule has 6 nitrogen and oxygen atoms in total. The van der Waals surface area contributed by atoms with Crippen LogP contribution in [0.15, 0.2) is 93.6 Å². The molecule has 0 saturated carbocycles. The highest BCUT2D eigenvalue weighted by Gasteiger charge is 2.40. The third-order valence-electron chi connectivity index (χ3n) is 4.67. The summed E-state index contributed by atoms with van der Waals surface area (Å²) < 4.78 is 0.739. The number of carbonyl (C=O) groups excluding carboxylic acids is 1. The molecule has 4 rings (SSSR count). The first-order chi connectivity index (χ1) is 14.0. The Bertz CT molecular complexity index is 1160. The number of azo groups is 1. The fraction of sp³-hybridized carbons (Fsp3) is 0.0455. The number of aromatic nitrogens is 1. The van der Waals surface area contributed by atoms with E-state index < -0.39 is 11.5 Å². The predicted molar refractivity (Wildman–Crippen MR) is 113 cm³/mol. The van der Waals surface area contributed by atoms with Crippen molar-refractivity contribution >= 4 is 38.4 Å². The zero-order valence-electron chi connectivity index (χ0n) is 15.1. The minimum absolute atomic E-state index is 0.123. The van der Waals surface area contributed by atoms with Crippen LogP contribution in [0.5, 0.6) is 5.88 Å². The van der Waals surface area contributed by atoms with Crippen molar-refractivity contribution in [2.45, 2.75) is 5.60 Å². The smallest absolute Gasteiger partial charge is 0.305 e. The Morgan fingerprint density at radius 1 is 0.897 bits per heavy atom. The molecule has 4 aromatic rings. The van der Waals surface area contributed by atoms with Crippen molar-refractivity contribution in [3.05, 3.63) is 94.5 Å². The van der Waals surface area contributed by atoms with Crippen LogP contribution in [0.25, 0.3) is 10.9 Å². The zero-order chi connectivity index (χ0) is 20.4. The molecule has 0 aliphatic carbocycles. The Morgan fingerprint density at radius 3 is 2.07 bits per heavy atom. The number of carbonyl (C=O) groups is 1. The van der Waals surface area contributed by atoms with Crippen LogP contribution in [-0.4, -0.2) is 21.1 Å². The lowest BCUT2D eigenvalue weighted by Crippen LogP contribution is -2.35. The number of rotatable bonds is 4. The lowest BCUT2D eigenvalue weighted by atomic mass is 9.86. The molecule has 1 aromatic heterocycles. The molecule has 1 amide bonds. The van der Waals surface area contributed by atoms with Crippen molar-refractivity contribution in [2.24, 2.45) is 10.2 Å². The lowest BCUT2D eigenvalue weighted by molar-refractivity contribution is -0.133. The molecular formula is C22H16BrN3O3. The molecular weight excluding hydrogens is 434 g/mol. The van der Waals surface area contributed by atoms with Gasteiger partial charge < -0.3 is 15.2 Å². The van der Waals surface area contributed by atoms with Crippen LogP contribution < -0.4 is 0 Å². The second-order valence-electron chi connectivity index (χ2n) is 6.43. The summed E-state index contributed by atoms with van der Waals surface area (Å²) >= 11 is 3.40. The number of fused-ring (bicyclic) bond motifs is 1. The molecule has 0 saturated heterocycles. The Labute approximate surface area is 174 Å². The first kappa shape index (κ1) is 19.0. The standard InChI is InChI=1S/C22H16BrN3O3/c23-17-13-7-12-16-18(17)24-20(27)19(16)25-26-21(28)22(29,14-8-3-1-4-9-14)15-10-5-2-6-11-15/h1-13,24,27,29H. The second-order valence-corrected chi connectivity index (χ2v) is 7.29. The van der Waals surface area contributed by atoms with E-state index in [1.165, 1.54) is 0 Å². The van der Waals surface area contributed by atoms with Gasteiger partial charge in [0, 0.05) is 9.86 Å². The number of hydrogen-bond donors (Lipinski definition) is 3. The van der Waals surface area contributed by atoms with E-state index in [0.29, 0.717) is 22.0 Å². The number of H-pyrrole nitrogens is 1. The number of para-hydroxylation sites is 1. The van der Waals surface area contributed by atoms with E-state index in [4.69, 9.17) is 0 Å². The van der Waals surface area contributed by atoms with E-state index in [2.05, 4.69) is 31.1 Å². The van der Waals surface area contributed by atoms with E-state index in [-0.39, 0.29) is 11.6 Å². The molecule has 0 fully saturated rings. The first-order valence-corrected chi connectivity index (χ1v) is 9.60. The van der Waals surface area contributed by atoms with Crippen LogP contribution in [0.3, 0.4) is 0 Å². The molecule has 3 aromatic carbocycles. The average Bonchev–Trinajstić information content (AvgIpc) is 3.09. The molecule has 0 spiro atoms. The van der Waals surface area contributed by atoms with Crippen molar-refractivity contribution in [2.75, 3.05) is 0 Å². The maximum absolute atomic E-state index is 13.1. The fourth-order valence-electron chi connectivity index (χ4n) is 3.20. The number of aliphatic hydroxyl groups is 1. The Hall–Kier alpha value is -3.29. The van der Waals surface area contributed by atoms with Crippen molar-refractivity contribution in [1.29, 1.82) is 0 Å². The van der Waals surface area contributed by atoms with Gasteiger partial charge in [0.25, 0.3) is 0 Å². The minimum Gasteiger partial charge on any atom is -0.493 e. The molecule has 0 unspecified atom stereocenters. The van der Waals surface area contributed by atoms with Gasteiger partial charge in [-0.05, 0) is 33.1 Å². The highest BCUT2D eigenvalue weighted by molar-refractivity contribution is 9.10. The van der Waals surface area contributed by atoms with Gasteiger partial charge >= 0.3 is 5.91 Å². The predicted octanol–water partition coefficient (Wildman–Crippen LogP) is 5.18. The SMILES string of the molecule is O=C(N=Nc1c(O)[nH]c2c(Br)cccc12)C(O)(c1ccccc1)c1ccccc1. The van der Waals surface area contributed by atoms with E-state index in [1.54, 1.807) is 72.8 Å². The summed E-state index contributed by atoms with van der Waals surface area (Å²) in [5, 5.41) is 29.9. The Kier molecular flexibility index (Phi) is 5.00. The Morgan fingerprint density at radius 2 is 1.48 bits per heavy atom. The van der Waals surface area contributed by atoms with Crippen LogP contribution in [-0.2, 0) is 10.4 Å². The highest BCUT2D eigenvalue weighted by atomic mass is 79.9. The van der Waals surface area contributed by atoms with Crippen molar-refractivity contribution < 1.29 is 15.0 Å². The van der Waals surface area contributed by atoms with Gasteiger partial charge in [-0.15, -0.1) is 10.2 Å². The molecule has 0 bridgehead atoms. The molecule has 7 heteroatoms.